The van der Waals surface area contributed by atoms with Crippen molar-refractivity contribution in [3.05, 3.63) is 60.7 Å². The molecule has 0 aliphatic carbocycles. The molecule has 9 nitrogen and oxygen atoms in total. The summed E-state index contributed by atoms with van der Waals surface area (Å²) in [7, 11) is -3.36. The Labute approximate surface area is 185 Å². The van der Waals surface area contributed by atoms with E-state index in [9.17, 15) is 13.7 Å². The number of ether oxygens (including phenoxy) is 1. The minimum absolute atomic E-state index is 0.439. The largest absolute Gasteiger partial charge is 0.492 e. The van der Waals surface area contributed by atoms with Gasteiger partial charge in [0.2, 0.25) is 10.0 Å². The Bertz CT molecular complexity index is 1380. The van der Waals surface area contributed by atoms with Crippen LogP contribution in [-0.4, -0.2) is 40.6 Å². The third kappa shape index (κ3) is 4.43. The molecule has 0 aliphatic heterocycles. The molecule has 0 spiro atoms. The van der Waals surface area contributed by atoms with Gasteiger partial charge in [-0.3, -0.25) is 4.72 Å². The summed E-state index contributed by atoms with van der Waals surface area (Å²) in [6, 6.07) is 15.0. The lowest BCUT2D eigenvalue weighted by Crippen LogP contribution is -2.09. The summed E-state index contributed by atoms with van der Waals surface area (Å²) >= 11 is 0. The monoisotopic (exact) mass is 450 g/mol. The van der Waals surface area contributed by atoms with Gasteiger partial charge in [0.1, 0.15) is 31.1 Å². The lowest BCUT2D eigenvalue weighted by Gasteiger charge is -2.11. The molecule has 0 amide bonds. The third-order valence-electron chi connectivity index (χ3n) is 4.98. The van der Waals surface area contributed by atoms with Crippen LogP contribution in [0.25, 0.3) is 22.2 Å². The van der Waals surface area contributed by atoms with E-state index in [1.807, 2.05) is 37.3 Å². The summed E-state index contributed by atoms with van der Waals surface area (Å²) in [5, 5.41) is 14.8. The predicted molar refractivity (Wildman–Crippen MR) is 122 cm³/mol. The van der Waals surface area contributed by atoms with E-state index >= 15 is 0 Å². The second kappa shape index (κ2) is 8.72. The first-order valence-electron chi connectivity index (χ1n) is 9.99. The van der Waals surface area contributed by atoms with Crippen LogP contribution in [0, 0.1) is 11.3 Å². The number of aryl methyl sites for hydroxylation is 1. The number of fused-ring (bicyclic) bond motifs is 1. The average Bonchev–Trinajstić information content (AvgIpc) is 3.38. The molecule has 0 bridgehead atoms. The number of nitrogens with zero attached hydrogens (tertiary/aromatic N) is 5. The highest BCUT2D eigenvalue weighted by atomic mass is 32.2. The highest BCUT2D eigenvalue weighted by molar-refractivity contribution is 7.92. The number of sulfonamides is 1. The van der Waals surface area contributed by atoms with Crippen LogP contribution < -0.4 is 9.46 Å². The van der Waals surface area contributed by atoms with Gasteiger partial charge in [-0.15, -0.1) is 0 Å². The standard InChI is InChI=1S/C22H22N6O3S/c1-3-28-21-12-18(31-11-10-27-15-24-14-25-27)8-9-19(21)20(13-23)22(28)16-4-6-17(7-5-16)26-32(2,29)30/h4-9,12,14-15,26H,3,10-11H2,1-2H3. The predicted octanol–water partition coefficient (Wildman–Crippen LogP) is 3.24. The molecule has 0 saturated heterocycles. The van der Waals surface area contributed by atoms with Gasteiger partial charge in [-0.2, -0.15) is 10.4 Å². The molecule has 0 fully saturated rings. The van der Waals surface area contributed by atoms with Crippen LogP contribution in [-0.2, 0) is 23.1 Å². The minimum Gasteiger partial charge on any atom is -0.492 e. The number of rotatable bonds is 8. The highest BCUT2D eigenvalue weighted by Gasteiger charge is 2.18. The van der Waals surface area contributed by atoms with Crippen LogP contribution in [0.15, 0.2) is 55.1 Å². The van der Waals surface area contributed by atoms with E-state index in [4.69, 9.17) is 4.74 Å². The zero-order valence-electron chi connectivity index (χ0n) is 17.7. The van der Waals surface area contributed by atoms with Crippen molar-refractivity contribution in [1.82, 2.24) is 19.3 Å². The lowest BCUT2D eigenvalue weighted by atomic mass is 10.1. The van der Waals surface area contributed by atoms with Crippen LogP contribution in [0.1, 0.15) is 12.5 Å². The highest BCUT2D eigenvalue weighted by Crippen LogP contribution is 2.35. The van der Waals surface area contributed by atoms with E-state index in [2.05, 4.69) is 25.4 Å². The van der Waals surface area contributed by atoms with Crippen LogP contribution in [0.3, 0.4) is 0 Å². The topological polar surface area (TPSA) is 115 Å². The van der Waals surface area contributed by atoms with Gasteiger partial charge < -0.3 is 9.30 Å². The normalized spacial score (nSPS) is 11.4. The molecular weight excluding hydrogens is 428 g/mol. The molecule has 164 valence electrons. The molecule has 2 heterocycles. The van der Waals surface area contributed by atoms with E-state index in [0.29, 0.717) is 36.7 Å². The average molecular weight is 451 g/mol. The Morgan fingerprint density at radius 2 is 1.97 bits per heavy atom. The van der Waals surface area contributed by atoms with Crippen molar-refractivity contribution in [2.24, 2.45) is 0 Å². The Morgan fingerprint density at radius 3 is 2.59 bits per heavy atom. The molecule has 1 N–H and O–H groups in total. The quantitative estimate of drug-likeness (QED) is 0.441. The van der Waals surface area contributed by atoms with Crippen molar-refractivity contribution in [2.45, 2.75) is 20.0 Å². The molecule has 4 aromatic rings. The zero-order valence-corrected chi connectivity index (χ0v) is 18.5. The molecule has 10 heteroatoms. The molecule has 0 unspecified atom stereocenters. The van der Waals surface area contributed by atoms with Crippen molar-refractivity contribution in [2.75, 3.05) is 17.6 Å². The fourth-order valence-corrected chi connectivity index (χ4v) is 4.24. The molecule has 0 aliphatic rings. The summed E-state index contributed by atoms with van der Waals surface area (Å²) in [6.45, 7) is 3.69. The van der Waals surface area contributed by atoms with Crippen LogP contribution in [0.4, 0.5) is 5.69 Å². The summed E-state index contributed by atoms with van der Waals surface area (Å²) in [5.74, 6) is 0.702. The number of anilines is 1. The van der Waals surface area contributed by atoms with Crippen LogP contribution in [0.2, 0.25) is 0 Å². The summed E-state index contributed by atoms with van der Waals surface area (Å²) < 4.78 is 35.0. The second-order valence-corrected chi connectivity index (χ2v) is 8.97. The molecule has 2 aromatic heterocycles. The smallest absolute Gasteiger partial charge is 0.229 e. The number of aromatic nitrogens is 4. The molecule has 0 saturated carbocycles. The van der Waals surface area contributed by atoms with Crippen molar-refractivity contribution in [3.63, 3.8) is 0 Å². The molecular formula is C22H22N6O3S. The number of hydrogen-bond acceptors (Lipinski definition) is 6. The van der Waals surface area contributed by atoms with E-state index in [-0.39, 0.29) is 0 Å². The van der Waals surface area contributed by atoms with Gasteiger partial charge >= 0.3 is 0 Å². The molecule has 0 atom stereocenters. The summed E-state index contributed by atoms with van der Waals surface area (Å²) in [5.41, 5.74) is 3.55. The van der Waals surface area contributed by atoms with Gasteiger partial charge in [0, 0.05) is 23.7 Å². The second-order valence-electron chi connectivity index (χ2n) is 7.22. The van der Waals surface area contributed by atoms with E-state index in [1.165, 1.54) is 6.33 Å². The number of nitriles is 1. The van der Waals surface area contributed by atoms with Gasteiger partial charge in [0.25, 0.3) is 0 Å². The summed E-state index contributed by atoms with van der Waals surface area (Å²) in [6.07, 6.45) is 4.22. The van der Waals surface area contributed by atoms with Crippen molar-refractivity contribution in [3.8, 4) is 23.1 Å². The fraction of sp³-hybridized carbons (Fsp3) is 0.227. The van der Waals surface area contributed by atoms with Gasteiger partial charge in [-0.05, 0) is 36.8 Å². The zero-order chi connectivity index (χ0) is 22.7. The Morgan fingerprint density at radius 1 is 1.19 bits per heavy atom. The van der Waals surface area contributed by atoms with Crippen LogP contribution >= 0.6 is 0 Å². The maximum Gasteiger partial charge on any atom is 0.229 e. The van der Waals surface area contributed by atoms with Gasteiger partial charge in [0.15, 0.2) is 0 Å². The Hall–Kier alpha value is -3.84. The van der Waals surface area contributed by atoms with E-state index in [1.54, 1.807) is 23.1 Å². The first kappa shape index (κ1) is 21.4. The molecule has 32 heavy (non-hydrogen) atoms. The first-order valence-corrected chi connectivity index (χ1v) is 11.9. The maximum atomic E-state index is 11.5. The minimum atomic E-state index is -3.36. The van der Waals surface area contributed by atoms with Crippen LogP contribution in [0.5, 0.6) is 5.75 Å². The van der Waals surface area contributed by atoms with Gasteiger partial charge in [-0.1, -0.05) is 12.1 Å². The van der Waals surface area contributed by atoms with Gasteiger partial charge in [0.05, 0.1) is 29.6 Å². The lowest BCUT2D eigenvalue weighted by molar-refractivity contribution is 0.291. The maximum absolute atomic E-state index is 11.5. The van der Waals surface area contributed by atoms with Crippen molar-refractivity contribution >= 4 is 26.6 Å². The third-order valence-corrected chi connectivity index (χ3v) is 5.59. The SMILES string of the molecule is CCn1c(-c2ccc(NS(C)(=O)=O)cc2)c(C#N)c2ccc(OCCn3cncn3)cc21. The van der Waals surface area contributed by atoms with Crippen molar-refractivity contribution < 1.29 is 13.2 Å². The van der Waals surface area contributed by atoms with Crippen molar-refractivity contribution in [1.29, 1.82) is 5.26 Å². The Balaban J connectivity index is 1.68. The summed E-state index contributed by atoms with van der Waals surface area (Å²) in [4.78, 5) is 3.91. The van der Waals surface area contributed by atoms with E-state index < -0.39 is 10.0 Å². The van der Waals surface area contributed by atoms with Gasteiger partial charge in [-0.25, -0.2) is 18.1 Å². The fourth-order valence-electron chi connectivity index (χ4n) is 3.68. The first-order chi connectivity index (χ1) is 15.4. The number of hydrogen-bond donors (Lipinski definition) is 1. The Kier molecular flexibility index (Phi) is 5.83. The number of nitrogens with one attached hydrogen (secondary N) is 1. The molecule has 2 aromatic carbocycles. The van der Waals surface area contributed by atoms with E-state index in [0.717, 1.165) is 28.4 Å². The number of benzene rings is 2. The molecule has 4 rings (SSSR count). The molecule has 0 radical (unpaired) electrons.